The summed E-state index contributed by atoms with van der Waals surface area (Å²) >= 11 is 2.13. The SMILES string of the molecule is CCCSCCC1S[S+]1CC. The van der Waals surface area contributed by atoms with E-state index in [0.29, 0.717) is 0 Å². The van der Waals surface area contributed by atoms with E-state index in [0.717, 1.165) is 14.5 Å². The van der Waals surface area contributed by atoms with Crippen LogP contribution in [0, 0.1) is 0 Å². The van der Waals surface area contributed by atoms with Crippen LogP contribution >= 0.6 is 22.6 Å². The summed E-state index contributed by atoms with van der Waals surface area (Å²) in [4.78, 5) is 0. The van der Waals surface area contributed by atoms with Crippen molar-refractivity contribution < 1.29 is 0 Å². The van der Waals surface area contributed by atoms with E-state index in [-0.39, 0.29) is 0 Å². The minimum atomic E-state index is 0.788. The summed E-state index contributed by atoms with van der Waals surface area (Å²) in [6, 6.07) is 0. The highest BCUT2D eigenvalue weighted by Crippen LogP contribution is 2.49. The molecule has 2 atom stereocenters. The summed E-state index contributed by atoms with van der Waals surface area (Å²) in [5.74, 6) is 4.17. The summed E-state index contributed by atoms with van der Waals surface area (Å²) in [6.07, 6.45) is 2.80. The van der Waals surface area contributed by atoms with Gasteiger partial charge in [0.05, 0.1) is 9.93 Å². The predicted octanol–water partition coefficient (Wildman–Crippen LogP) is 3.15. The summed E-state index contributed by atoms with van der Waals surface area (Å²) in [7, 11) is 3.00. The molecule has 3 heteroatoms. The van der Waals surface area contributed by atoms with Gasteiger partial charge in [-0.1, -0.05) is 6.92 Å². The second-order valence-electron chi connectivity index (χ2n) is 2.60. The Kier molecular flexibility index (Phi) is 5.21. The Labute approximate surface area is 81.0 Å². The van der Waals surface area contributed by atoms with Gasteiger partial charge in [-0.15, -0.1) is 0 Å². The van der Waals surface area contributed by atoms with Gasteiger partial charge in [-0.25, -0.2) is 0 Å². The first-order chi connectivity index (χ1) is 5.38. The van der Waals surface area contributed by atoms with Gasteiger partial charge in [0.2, 0.25) is 4.58 Å². The molecule has 11 heavy (non-hydrogen) atoms. The Balaban J connectivity index is 1.82. The largest absolute Gasteiger partial charge is 0.223 e. The molecule has 0 aromatic rings. The monoisotopic (exact) mass is 209 g/mol. The number of hydrogen-bond donors (Lipinski definition) is 0. The van der Waals surface area contributed by atoms with Gasteiger partial charge in [0, 0.05) is 6.42 Å². The Morgan fingerprint density at radius 3 is 2.73 bits per heavy atom. The molecule has 0 radical (unpaired) electrons. The molecule has 0 nitrogen and oxygen atoms in total. The van der Waals surface area contributed by atoms with Gasteiger partial charge < -0.3 is 0 Å². The van der Waals surface area contributed by atoms with Crippen LogP contribution < -0.4 is 0 Å². The van der Waals surface area contributed by atoms with E-state index in [1.165, 1.54) is 30.1 Å². The molecule has 0 amide bonds. The molecule has 1 heterocycles. The van der Waals surface area contributed by atoms with Crippen molar-refractivity contribution in [2.24, 2.45) is 0 Å². The highest BCUT2D eigenvalue weighted by molar-refractivity contribution is 8.90. The Hall–Kier alpha value is 1.05. The van der Waals surface area contributed by atoms with Crippen LogP contribution in [0.3, 0.4) is 0 Å². The van der Waals surface area contributed by atoms with Crippen molar-refractivity contribution >= 4 is 32.5 Å². The molecule has 0 N–H and O–H groups in total. The fraction of sp³-hybridized carbons (Fsp3) is 1.00. The number of thioether (sulfide) groups is 1. The Morgan fingerprint density at radius 2 is 2.18 bits per heavy atom. The lowest BCUT2D eigenvalue weighted by atomic mass is 10.6. The molecule has 1 aliphatic rings. The van der Waals surface area contributed by atoms with Crippen LogP contribution in [-0.4, -0.2) is 21.8 Å². The third kappa shape index (κ3) is 4.00. The van der Waals surface area contributed by atoms with E-state index in [9.17, 15) is 0 Å². The fourth-order valence-corrected chi connectivity index (χ4v) is 6.09. The van der Waals surface area contributed by atoms with E-state index in [2.05, 4.69) is 36.4 Å². The molecular weight excluding hydrogens is 192 g/mol. The van der Waals surface area contributed by atoms with Crippen LogP contribution in [0.5, 0.6) is 0 Å². The highest BCUT2D eigenvalue weighted by Gasteiger charge is 2.51. The third-order valence-corrected chi connectivity index (χ3v) is 7.77. The first kappa shape index (κ1) is 10.1. The van der Waals surface area contributed by atoms with E-state index < -0.39 is 0 Å². The van der Waals surface area contributed by atoms with Gasteiger partial charge in [0.1, 0.15) is 5.75 Å². The molecular formula is C8H17S3+. The zero-order valence-electron chi connectivity index (χ0n) is 7.34. The summed E-state index contributed by atoms with van der Waals surface area (Å²) in [6.45, 7) is 4.57. The molecule has 1 fully saturated rings. The van der Waals surface area contributed by atoms with E-state index >= 15 is 0 Å². The molecule has 0 spiro atoms. The maximum absolute atomic E-state index is 2.31. The van der Waals surface area contributed by atoms with Gasteiger partial charge in [-0.2, -0.15) is 11.8 Å². The summed E-state index contributed by atoms with van der Waals surface area (Å²) in [5, 5.41) is 0. The van der Waals surface area contributed by atoms with E-state index in [4.69, 9.17) is 0 Å². The topological polar surface area (TPSA) is 0 Å². The Morgan fingerprint density at radius 1 is 1.36 bits per heavy atom. The molecule has 0 aliphatic carbocycles. The van der Waals surface area contributed by atoms with Crippen LogP contribution in [0.15, 0.2) is 0 Å². The summed E-state index contributed by atoms with van der Waals surface area (Å²) in [5.41, 5.74) is 0. The van der Waals surface area contributed by atoms with Crippen LogP contribution in [0.2, 0.25) is 0 Å². The van der Waals surface area contributed by atoms with Crippen molar-refractivity contribution in [2.75, 3.05) is 17.3 Å². The maximum Gasteiger partial charge on any atom is 0.223 e. The van der Waals surface area contributed by atoms with Crippen LogP contribution in [-0.2, 0) is 9.93 Å². The molecule has 1 rings (SSSR count). The zero-order valence-corrected chi connectivity index (χ0v) is 9.79. The molecule has 1 aliphatic heterocycles. The van der Waals surface area contributed by atoms with Crippen molar-refractivity contribution in [3.63, 3.8) is 0 Å². The van der Waals surface area contributed by atoms with Gasteiger partial charge in [0.15, 0.2) is 10.8 Å². The molecule has 66 valence electrons. The van der Waals surface area contributed by atoms with Gasteiger partial charge in [0.25, 0.3) is 0 Å². The average Bonchev–Trinajstić information content (AvgIpc) is 2.77. The smallest absolute Gasteiger partial charge is 0.162 e. The quantitative estimate of drug-likeness (QED) is 0.285. The number of rotatable bonds is 6. The molecule has 0 aromatic carbocycles. The van der Waals surface area contributed by atoms with Gasteiger partial charge in [-0.3, -0.25) is 0 Å². The van der Waals surface area contributed by atoms with E-state index in [1.54, 1.807) is 0 Å². The van der Waals surface area contributed by atoms with Gasteiger partial charge >= 0.3 is 0 Å². The minimum absolute atomic E-state index is 0.788. The van der Waals surface area contributed by atoms with Crippen molar-refractivity contribution in [1.82, 2.24) is 0 Å². The van der Waals surface area contributed by atoms with E-state index in [1.807, 2.05) is 0 Å². The second kappa shape index (κ2) is 5.65. The van der Waals surface area contributed by atoms with Crippen molar-refractivity contribution in [3.05, 3.63) is 0 Å². The molecule has 0 bridgehead atoms. The lowest BCUT2D eigenvalue weighted by Crippen LogP contribution is -1.93. The highest BCUT2D eigenvalue weighted by atomic mass is 33.2. The summed E-state index contributed by atoms with van der Waals surface area (Å²) < 4.78 is 1.06. The van der Waals surface area contributed by atoms with Crippen LogP contribution in [0.25, 0.3) is 0 Å². The van der Waals surface area contributed by atoms with Crippen molar-refractivity contribution in [2.45, 2.75) is 31.3 Å². The molecule has 0 aromatic heterocycles. The van der Waals surface area contributed by atoms with Crippen molar-refractivity contribution in [3.8, 4) is 0 Å². The molecule has 0 saturated carbocycles. The normalized spacial score (nSPS) is 28.9. The second-order valence-corrected chi connectivity index (χ2v) is 8.65. The fourth-order valence-electron chi connectivity index (χ4n) is 0.975. The van der Waals surface area contributed by atoms with Gasteiger partial charge in [-0.05, 0) is 24.9 Å². The first-order valence-electron chi connectivity index (χ1n) is 4.33. The predicted molar refractivity (Wildman–Crippen MR) is 61.5 cm³/mol. The third-order valence-electron chi connectivity index (χ3n) is 1.62. The van der Waals surface area contributed by atoms with Crippen molar-refractivity contribution in [1.29, 1.82) is 0 Å². The molecule has 1 saturated heterocycles. The number of hydrogen-bond acceptors (Lipinski definition) is 2. The molecule has 2 unspecified atom stereocenters. The lowest BCUT2D eigenvalue weighted by Gasteiger charge is -1.92. The standard InChI is InChI=1S/C8H17S3/c1-3-6-9-7-5-8-10-11(8)4-2/h8H,3-7H2,1-2H3/q+1. The van der Waals surface area contributed by atoms with Crippen LogP contribution in [0.4, 0.5) is 0 Å². The maximum atomic E-state index is 2.31. The Bertz CT molecular complexity index is 106. The minimum Gasteiger partial charge on any atom is -0.162 e. The zero-order chi connectivity index (χ0) is 8.10. The van der Waals surface area contributed by atoms with Crippen LogP contribution in [0.1, 0.15) is 26.7 Å². The lowest BCUT2D eigenvalue weighted by molar-refractivity contribution is 1.07. The first-order valence-corrected chi connectivity index (χ1v) is 8.33. The average molecular weight is 209 g/mol.